The number of anilines is 3. The largest absolute Gasteiger partial charge is 0.310 e. The number of fused-ring (bicyclic) bond motifs is 9. The van der Waals surface area contributed by atoms with Gasteiger partial charge in [0.05, 0.1) is 16.7 Å². The zero-order valence-corrected chi connectivity index (χ0v) is 32.9. The molecule has 12 aromatic rings. The summed E-state index contributed by atoms with van der Waals surface area (Å²) < 4.78 is 5.04. The second-order valence-corrected chi connectivity index (χ2v) is 16.4. The minimum absolute atomic E-state index is 1.10. The van der Waals surface area contributed by atoms with Crippen LogP contribution in [0.5, 0.6) is 0 Å². The van der Waals surface area contributed by atoms with Crippen molar-refractivity contribution in [1.29, 1.82) is 0 Å². The molecule has 0 fully saturated rings. The van der Waals surface area contributed by atoms with E-state index in [-0.39, 0.29) is 0 Å². The maximum absolute atomic E-state index is 2.45. The number of benzene rings is 10. The molecule has 2 nitrogen and oxygen atoms in total. The van der Waals surface area contributed by atoms with Gasteiger partial charge in [-0.05, 0) is 98.9 Å². The Morgan fingerprint density at radius 2 is 0.898 bits per heavy atom. The van der Waals surface area contributed by atoms with Crippen LogP contribution >= 0.6 is 11.3 Å². The molecule has 0 aliphatic heterocycles. The number of thiophene rings is 1. The predicted molar refractivity (Wildman–Crippen MR) is 254 cm³/mol. The second kappa shape index (κ2) is 13.6. The smallest absolute Gasteiger partial charge is 0.0547 e. The molecule has 2 aromatic heterocycles. The zero-order chi connectivity index (χ0) is 38.9. The Morgan fingerprint density at radius 3 is 1.69 bits per heavy atom. The van der Waals surface area contributed by atoms with Gasteiger partial charge in [-0.2, -0.15) is 0 Å². The van der Waals surface area contributed by atoms with Crippen molar-refractivity contribution in [2.75, 3.05) is 4.90 Å². The maximum Gasteiger partial charge on any atom is 0.0547 e. The molecule has 0 aliphatic carbocycles. The van der Waals surface area contributed by atoms with E-state index in [0.717, 1.165) is 22.7 Å². The average molecular weight is 769 g/mol. The van der Waals surface area contributed by atoms with E-state index in [2.05, 4.69) is 228 Å². The van der Waals surface area contributed by atoms with Gasteiger partial charge in [0, 0.05) is 53.6 Å². The highest BCUT2D eigenvalue weighted by Crippen LogP contribution is 2.43. The van der Waals surface area contributed by atoms with E-state index < -0.39 is 0 Å². The van der Waals surface area contributed by atoms with E-state index in [1.165, 1.54) is 85.8 Å². The van der Waals surface area contributed by atoms with Gasteiger partial charge in [0.25, 0.3) is 0 Å². The number of aromatic nitrogens is 1. The lowest BCUT2D eigenvalue weighted by atomic mass is 9.98. The number of nitrogens with zero attached hydrogens (tertiary/aromatic N) is 2. The molecule has 0 amide bonds. The first-order valence-corrected chi connectivity index (χ1v) is 21.0. The third-order valence-corrected chi connectivity index (χ3v) is 13.1. The molecule has 0 atom stereocenters. The third kappa shape index (κ3) is 5.47. The van der Waals surface area contributed by atoms with Gasteiger partial charge in [-0.15, -0.1) is 11.3 Å². The Morgan fingerprint density at radius 1 is 0.339 bits per heavy atom. The summed E-state index contributed by atoms with van der Waals surface area (Å²) >= 11 is 1.86. The molecule has 0 radical (unpaired) electrons. The van der Waals surface area contributed by atoms with Crippen LogP contribution in [0.2, 0.25) is 0 Å². The fourth-order valence-corrected chi connectivity index (χ4v) is 10.4. The first-order chi connectivity index (χ1) is 29.3. The topological polar surface area (TPSA) is 8.17 Å². The van der Waals surface area contributed by atoms with Crippen molar-refractivity contribution in [2.45, 2.75) is 0 Å². The van der Waals surface area contributed by atoms with Gasteiger partial charge in [0.15, 0.2) is 0 Å². The molecule has 276 valence electrons. The maximum atomic E-state index is 2.45. The van der Waals surface area contributed by atoms with Gasteiger partial charge in [0.1, 0.15) is 0 Å². The minimum Gasteiger partial charge on any atom is -0.310 e. The highest BCUT2D eigenvalue weighted by Gasteiger charge is 2.19. The van der Waals surface area contributed by atoms with Crippen LogP contribution in [0.4, 0.5) is 17.1 Å². The normalized spacial score (nSPS) is 11.7. The molecule has 2 heterocycles. The first-order valence-electron chi connectivity index (χ1n) is 20.2. The van der Waals surface area contributed by atoms with Crippen molar-refractivity contribution in [1.82, 2.24) is 4.57 Å². The van der Waals surface area contributed by atoms with Crippen molar-refractivity contribution in [3.63, 3.8) is 0 Å². The number of hydrogen-bond donors (Lipinski definition) is 0. The molecule has 10 aromatic carbocycles. The van der Waals surface area contributed by atoms with Crippen LogP contribution in [0.3, 0.4) is 0 Å². The summed E-state index contributed by atoms with van der Waals surface area (Å²) in [7, 11) is 0. The molecule has 0 N–H and O–H groups in total. The average Bonchev–Trinajstić information content (AvgIpc) is 3.85. The van der Waals surface area contributed by atoms with Crippen molar-refractivity contribution >= 4 is 91.9 Å². The summed E-state index contributed by atoms with van der Waals surface area (Å²) in [5, 5.41) is 10.2. The van der Waals surface area contributed by atoms with Crippen LogP contribution in [0.15, 0.2) is 218 Å². The SMILES string of the molecule is c1ccc(-n2c3ccccc3c3c4ccccc4ccc32)c(-c2ccc(N(c3ccc(-c4cccc5ccccc45)cc3)c3ccc4c(c3)sc3ccccc34)cc2)c1. The monoisotopic (exact) mass is 768 g/mol. The first kappa shape index (κ1) is 33.7. The number of rotatable bonds is 6. The molecule has 0 bridgehead atoms. The van der Waals surface area contributed by atoms with Crippen molar-refractivity contribution < 1.29 is 0 Å². The zero-order valence-electron chi connectivity index (χ0n) is 32.1. The third-order valence-electron chi connectivity index (χ3n) is 12.0. The summed E-state index contributed by atoms with van der Waals surface area (Å²) in [5.41, 5.74) is 11.7. The fourth-order valence-electron chi connectivity index (χ4n) is 9.27. The quantitative estimate of drug-likeness (QED) is 0.164. The highest BCUT2D eigenvalue weighted by atomic mass is 32.1. The van der Waals surface area contributed by atoms with Crippen molar-refractivity contribution in [3.05, 3.63) is 218 Å². The van der Waals surface area contributed by atoms with Crippen LogP contribution < -0.4 is 4.90 Å². The predicted octanol–water partition coefficient (Wildman–Crippen LogP) is 16.3. The standard InChI is InChI=1S/C56H36N2S/c1-3-15-44-37(12-1)14-11-20-45(44)39-24-29-41(30-25-39)57(43-33-34-49-48-18-7-10-23-54(48)59-55(49)36-43)42-31-26-40(27-32-42)46-16-5-8-21-51(46)58-52-22-9-6-19-50(52)56-47-17-4-2-13-38(47)28-35-53(56)58/h1-36H. The van der Waals surface area contributed by atoms with E-state index in [4.69, 9.17) is 0 Å². The Labute approximate surface area is 346 Å². The van der Waals surface area contributed by atoms with Gasteiger partial charge in [-0.3, -0.25) is 0 Å². The van der Waals surface area contributed by atoms with Crippen LogP contribution in [-0.2, 0) is 0 Å². The molecule has 3 heteroatoms. The highest BCUT2D eigenvalue weighted by molar-refractivity contribution is 7.25. The molecule has 0 unspecified atom stereocenters. The van der Waals surface area contributed by atoms with E-state index in [9.17, 15) is 0 Å². The van der Waals surface area contributed by atoms with Crippen LogP contribution in [0, 0.1) is 0 Å². The van der Waals surface area contributed by atoms with Crippen LogP contribution in [0.1, 0.15) is 0 Å². The fraction of sp³-hybridized carbons (Fsp3) is 0. The van der Waals surface area contributed by atoms with Crippen LogP contribution in [-0.4, -0.2) is 4.57 Å². The van der Waals surface area contributed by atoms with Gasteiger partial charge < -0.3 is 9.47 Å². The molecule has 0 saturated carbocycles. The van der Waals surface area contributed by atoms with Gasteiger partial charge >= 0.3 is 0 Å². The minimum atomic E-state index is 1.10. The lowest BCUT2D eigenvalue weighted by Crippen LogP contribution is -2.09. The molecule has 0 aliphatic rings. The van der Waals surface area contributed by atoms with Crippen LogP contribution in [0.25, 0.3) is 91.5 Å². The Bertz CT molecular complexity index is 3550. The summed E-state index contributed by atoms with van der Waals surface area (Å²) in [4.78, 5) is 2.39. The number of hydrogen-bond acceptors (Lipinski definition) is 2. The lowest BCUT2D eigenvalue weighted by Gasteiger charge is -2.26. The summed E-state index contributed by atoms with van der Waals surface area (Å²) in [6.07, 6.45) is 0. The summed E-state index contributed by atoms with van der Waals surface area (Å²) in [6, 6.07) is 79.9. The Hall–Kier alpha value is -7.46. The van der Waals surface area contributed by atoms with E-state index in [1.54, 1.807) is 0 Å². The molecule has 0 saturated heterocycles. The van der Waals surface area contributed by atoms with Gasteiger partial charge in [0.2, 0.25) is 0 Å². The molecule has 12 rings (SSSR count). The lowest BCUT2D eigenvalue weighted by molar-refractivity contribution is 1.18. The van der Waals surface area contributed by atoms with E-state index in [0.29, 0.717) is 0 Å². The van der Waals surface area contributed by atoms with E-state index >= 15 is 0 Å². The summed E-state index contributed by atoms with van der Waals surface area (Å²) in [6.45, 7) is 0. The molecule has 0 spiro atoms. The van der Waals surface area contributed by atoms with E-state index in [1.807, 2.05) is 11.3 Å². The van der Waals surface area contributed by atoms with Gasteiger partial charge in [-0.1, -0.05) is 158 Å². The Balaban J connectivity index is 0.990. The number of para-hydroxylation sites is 2. The summed E-state index contributed by atoms with van der Waals surface area (Å²) in [5.74, 6) is 0. The Kier molecular flexibility index (Phi) is 7.75. The second-order valence-electron chi connectivity index (χ2n) is 15.3. The van der Waals surface area contributed by atoms with Crippen molar-refractivity contribution in [3.8, 4) is 27.9 Å². The van der Waals surface area contributed by atoms with Gasteiger partial charge in [-0.25, -0.2) is 0 Å². The molecular weight excluding hydrogens is 733 g/mol. The molecular formula is C56H36N2S. The molecule has 59 heavy (non-hydrogen) atoms. The van der Waals surface area contributed by atoms with Crippen molar-refractivity contribution in [2.24, 2.45) is 0 Å².